The Hall–Kier alpha value is -2.13. The van der Waals surface area contributed by atoms with Crippen molar-refractivity contribution in [3.8, 4) is 0 Å². The van der Waals surface area contributed by atoms with Crippen LogP contribution in [0, 0.1) is 0 Å². The van der Waals surface area contributed by atoms with Gasteiger partial charge in [0.15, 0.2) is 0 Å². The molecular formula is C18H27N3O5S. The van der Waals surface area contributed by atoms with Crippen LogP contribution in [0.25, 0.3) is 0 Å². The number of nitrogens with zero attached hydrogens (tertiary/aromatic N) is 3. The fraction of sp³-hybridized carbons (Fsp3) is 0.556. The fourth-order valence-corrected chi connectivity index (χ4v) is 4.20. The monoisotopic (exact) mass is 397 g/mol. The van der Waals surface area contributed by atoms with Crippen molar-refractivity contribution in [3.63, 3.8) is 0 Å². The maximum absolute atomic E-state index is 12.6. The molecule has 1 saturated heterocycles. The van der Waals surface area contributed by atoms with Gasteiger partial charge in [0.2, 0.25) is 15.9 Å². The van der Waals surface area contributed by atoms with Gasteiger partial charge in [-0.3, -0.25) is 4.79 Å². The van der Waals surface area contributed by atoms with Crippen LogP contribution in [0.5, 0.6) is 0 Å². The van der Waals surface area contributed by atoms with Crippen LogP contribution in [0.4, 0.5) is 10.5 Å². The minimum absolute atomic E-state index is 0.228. The average molecular weight is 397 g/mol. The Morgan fingerprint density at radius 1 is 1.19 bits per heavy atom. The molecule has 1 fully saturated rings. The summed E-state index contributed by atoms with van der Waals surface area (Å²) in [4.78, 5) is 27.5. The molecule has 0 unspecified atom stereocenters. The zero-order valence-corrected chi connectivity index (χ0v) is 16.8. The molecule has 150 valence electrons. The highest BCUT2D eigenvalue weighted by Gasteiger charge is 2.34. The normalized spacial score (nSPS) is 15.6. The molecule has 0 radical (unpaired) electrons. The van der Waals surface area contributed by atoms with Crippen molar-refractivity contribution in [2.75, 3.05) is 44.4 Å². The standard InChI is InChI=1S/C18H27N3O5S/c1-4-26-18(23)20-12-10-16(11-13-20)21(27(3,24)25)14-17(22)19(2)15-8-6-5-7-9-15/h5-9,16H,4,10-14H2,1-3H3. The average Bonchev–Trinajstić information content (AvgIpc) is 2.65. The highest BCUT2D eigenvalue weighted by Crippen LogP contribution is 2.21. The SMILES string of the molecule is CCOC(=O)N1CCC(N(CC(=O)N(C)c2ccccc2)S(C)(=O)=O)CC1. The quantitative estimate of drug-likeness (QED) is 0.727. The summed E-state index contributed by atoms with van der Waals surface area (Å²) in [5, 5.41) is 0. The number of benzene rings is 1. The van der Waals surface area contributed by atoms with E-state index in [1.807, 2.05) is 18.2 Å². The van der Waals surface area contributed by atoms with Gasteiger partial charge >= 0.3 is 6.09 Å². The molecule has 8 nitrogen and oxygen atoms in total. The predicted octanol–water partition coefficient (Wildman–Crippen LogP) is 1.53. The van der Waals surface area contributed by atoms with E-state index in [1.54, 1.807) is 31.0 Å². The Labute approximate surface area is 160 Å². The Bertz CT molecular complexity index is 746. The lowest BCUT2D eigenvalue weighted by Crippen LogP contribution is -2.51. The molecule has 0 bridgehead atoms. The molecule has 0 saturated carbocycles. The van der Waals surface area contributed by atoms with Crippen LogP contribution in [-0.4, -0.2) is 75.2 Å². The molecule has 0 spiro atoms. The summed E-state index contributed by atoms with van der Waals surface area (Å²) >= 11 is 0. The number of sulfonamides is 1. The number of amides is 2. The number of likely N-dealkylation sites (tertiary alicyclic amines) is 1. The number of piperidine rings is 1. The van der Waals surface area contributed by atoms with E-state index in [2.05, 4.69) is 0 Å². The summed E-state index contributed by atoms with van der Waals surface area (Å²) in [6.45, 7) is 2.62. The Morgan fingerprint density at radius 2 is 1.78 bits per heavy atom. The van der Waals surface area contributed by atoms with Gasteiger partial charge in [0, 0.05) is 31.9 Å². The van der Waals surface area contributed by atoms with Crippen molar-refractivity contribution in [2.24, 2.45) is 0 Å². The van der Waals surface area contributed by atoms with Crippen LogP contribution in [-0.2, 0) is 19.6 Å². The van der Waals surface area contributed by atoms with Gasteiger partial charge in [-0.15, -0.1) is 0 Å². The van der Waals surface area contributed by atoms with Gasteiger partial charge in [0.05, 0.1) is 19.4 Å². The number of ether oxygens (including phenoxy) is 1. The van der Waals surface area contributed by atoms with Crippen molar-refractivity contribution >= 4 is 27.7 Å². The summed E-state index contributed by atoms with van der Waals surface area (Å²) in [6.07, 6.45) is 1.66. The van der Waals surface area contributed by atoms with Gasteiger partial charge in [0.25, 0.3) is 0 Å². The molecule has 2 amide bonds. The molecule has 1 aromatic rings. The predicted molar refractivity (Wildman–Crippen MR) is 103 cm³/mol. The van der Waals surface area contributed by atoms with E-state index in [9.17, 15) is 18.0 Å². The molecule has 0 aromatic heterocycles. The lowest BCUT2D eigenvalue weighted by Gasteiger charge is -2.37. The smallest absolute Gasteiger partial charge is 0.409 e. The zero-order chi connectivity index (χ0) is 20.0. The molecule has 0 atom stereocenters. The van der Waals surface area contributed by atoms with Gasteiger partial charge in [0.1, 0.15) is 0 Å². The van der Waals surface area contributed by atoms with Gasteiger partial charge < -0.3 is 14.5 Å². The second kappa shape index (κ2) is 9.18. The van der Waals surface area contributed by atoms with Gasteiger partial charge in [-0.25, -0.2) is 13.2 Å². The fourth-order valence-electron chi connectivity index (χ4n) is 3.10. The van der Waals surface area contributed by atoms with E-state index in [-0.39, 0.29) is 24.6 Å². The first-order valence-corrected chi connectivity index (χ1v) is 10.8. The Kier molecular flexibility index (Phi) is 7.20. The number of rotatable bonds is 6. The van der Waals surface area contributed by atoms with E-state index in [1.165, 1.54) is 9.21 Å². The van der Waals surface area contributed by atoms with Crippen molar-refractivity contribution in [3.05, 3.63) is 30.3 Å². The number of hydrogen-bond acceptors (Lipinski definition) is 5. The van der Waals surface area contributed by atoms with Crippen LogP contribution in [0.15, 0.2) is 30.3 Å². The summed E-state index contributed by atoms with van der Waals surface area (Å²) in [5.74, 6) is -0.306. The maximum atomic E-state index is 12.6. The third kappa shape index (κ3) is 5.67. The summed E-state index contributed by atoms with van der Waals surface area (Å²) < 4.78 is 30.8. The number of anilines is 1. The molecule has 1 aliphatic heterocycles. The van der Waals surface area contributed by atoms with Crippen molar-refractivity contribution in [2.45, 2.75) is 25.8 Å². The summed E-state index contributed by atoms with van der Waals surface area (Å²) in [5.41, 5.74) is 0.702. The number of carbonyl (C=O) groups excluding carboxylic acids is 2. The largest absolute Gasteiger partial charge is 0.450 e. The van der Waals surface area contributed by atoms with E-state index >= 15 is 0 Å². The van der Waals surface area contributed by atoms with Crippen LogP contribution < -0.4 is 4.90 Å². The molecule has 1 heterocycles. The van der Waals surface area contributed by atoms with Crippen molar-refractivity contribution in [1.82, 2.24) is 9.21 Å². The maximum Gasteiger partial charge on any atom is 0.409 e. The van der Waals surface area contributed by atoms with Gasteiger partial charge in [-0.1, -0.05) is 18.2 Å². The first-order chi connectivity index (χ1) is 12.7. The van der Waals surface area contributed by atoms with Gasteiger partial charge in [-0.05, 0) is 31.9 Å². The number of para-hydroxylation sites is 1. The molecule has 0 N–H and O–H groups in total. The third-order valence-corrected chi connectivity index (χ3v) is 5.91. The number of likely N-dealkylation sites (N-methyl/N-ethyl adjacent to an activating group) is 1. The number of carbonyl (C=O) groups is 2. The first kappa shape index (κ1) is 21.2. The molecule has 2 rings (SSSR count). The van der Waals surface area contributed by atoms with Gasteiger partial charge in [-0.2, -0.15) is 4.31 Å². The lowest BCUT2D eigenvalue weighted by atomic mass is 10.1. The molecule has 27 heavy (non-hydrogen) atoms. The van der Waals surface area contributed by atoms with Crippen LogP contribution in [0.1, 0.15) is 19.8 Å². The van der Waals surface area contributed by atoms with Crippen molar-refractivity contribution < 1.29 is 22.7 Å². The van der Waals surface area contributed by atoms with E-state index in [0.29, 0.717) is 38.2 Å². The van der Waals surface area contributed by atoms with Crippen LogP contribution in [0.3, 0.4) is 0 Å². The summed E-state index contributed by atoms with van der Waals surface area (Å²) in [7, 11) is -1.95. The highest BCUT2D eigenvalue weighted by molar-refractivity contribution is 7.88. The minimum atomic E-state index is -3.57. The van der Waals surface area contributed by atoms with Crippen molar-refractivity contribution in [1.29, 1.82) is 0 Å². The minimum Gasteiger partial charge on any atom is -0.450 e. The molecular weight excluding hydrogens is 370 g/mol. The van der Waals surface area contributed by atoms with Crippen LogP contribution >= 0.6 is 0 Å². The molecule has 1 aliphatic rings. The summed E-state index contributed by atoms with van der Waals surface area (Å²) in [6, 6.07) is 8.75. The third-order valence-electron chi connectivity index (χ3n) is 4.63. The second-order valence-corrected chi connectivity index (χ2v) is 8.45. The number of hydrogen-bond donors (Lipinski definition) is 0. The Morgan fingerprint density at radius 3 is 2.30 bits per heavy atom. The van der Waals surface area contributed by atoms with E-state index in [0.717, 1.165) is 6.26 Å². The zero-order valence-electron chi connectivity index (χ0n) is 16.0. The second-order valence-electron chi connectivity index (χ2n) is 6.51. The van der Waals surface area contributed by atoms with Crippen LogP contribution in [0.2, 0.25) is 0 Å². The topological polar surface area (TPSA) is 87.2 Å². The molecule has 9 heteroatoms. The first-order valence-electron chi connectivity index (χ1n) is 8.94. The molecule has 0 aliphatic carbocycles. The molecule has 1 aromatic carbocycles. The van der Waals surface area contributed by atoms with E-state index in [4.69, 9.17) is 4.74 Å². The van der Waals surface area contributed by atoms with E-state index < -0.39 is 10.0 Å². The Balaban J connectivity index is 2.04. The lowest BCUT2D eigenvalue weighted by molar-refractivity contribution is -0.119. The highest BCUT2D eigenvalue weighted by atomic mass is 32.2.